The second-order valence-electron chi connectivity index (χ2n) is 30.1. The van der Waals surface area contributed by atoms with Crippen molar-refractivity contribution in [2.45, 2.75) is 154 Å². The van der Waals surface area contributed by atoms with Crippen LogP contribution >= 0.6 is 0 Å². The highest BCUT2D eigenvalue weighted by molar-refractivity contribution is 6.06. The molecule has 7 aromatic carbocycles. The number of anilines is 1. The highest BCUT2D eigenvalue weighted by atomic mass is 19.1. The number of nitrogens with zero attached hydrogens (tertiary/aromatic N) is 12. The van der Waals surface area contributed by atoms with Gasteiger partial charge < -0.3 is 49.2 Å². The summed E-state index contributed by atoms with van der Waals surface area (Å²) in [5.41, 5.74) is 9.18. The van der Waals surface area contributed by atoms with Crippen molar-refractivity contribution >= 4 is 45.5 Å². The van der Waals surface area contributed by atoms with Crippen molar-refractivity contribution in [1.29, 1.82) is 0 Å². The number of carbonyl (C=O) groups excluding carboxylic acids is 3. The lowest BCUT2D eigenvalue weighted by molar-refractivity contribution is -0.142. The molecular weight excluding hydrogens is 1350 g/mol. The Hall–Kier alpha value is -10.9. The number of rotatable bonds is 24. The molecule has 3 N–H and O–H groups in total. The van der Waals surface area contributed by atoms with Crippen molar-refractivity contribution in [3.05, 3.63) is 221 Å². The number of benzene rings is 7. The van der Waals surface area contributed by atoms with Gasteiger partial charge in [-0.25, -0.2) is 13.9 Å². The fourth-order valence-electron chi connectivity index (χ4n) is 15.9. The first-order valence-electron chi connectivity index (χ1n) is 37.0. The number of piperazine rings is 1. The van der Waals surface area contributed by atoms with Crippen LogP contribution < -0.4 is 19.7 Å². The fourth-order valence-corrected chi connectivity index (χ4v) is 15.9. The van der Waals surface area contributed by atoms with E-state index in [1.807, 2.05) is 179 Å². The van der Waals surface area contributed by atoms with Gasteiger partial charge in [0.2, 0.25) is 11.8 Å². The largest absolute Gasteiger partial charge is 0.486 e. The van der Waals surface area contributed by atoms with E-state index in [-0.39, 0.29) is 68.3 Å². The molecule has 11 aromatic rings. The standard InChI is InChI=1S/C84H90FN13O9/c1-10-96-71(36-37-86-96)57-34-32-56(33-35-57)70(47-99)87-79(101)72-39-63(100)44-95(72)80(102)76(50(2)3)97-46-69(90-92-97)55-28-26-53(27-29-55)49-105-77-74(73-52(5)67(85)41-68-66(73)45-98(91-68)84(58-20-14-11-15-21-58,59-22-16-12-17-23-59)60-24-18-13-19-25-60)64(54-30-31-54)40-65-75(77)88-81(106-48-51(4)104-9)89-78(65)93-42-62-38-61(93)43-94(62)82(103)107-83(6,7)8/h11-29,32-37,40-41,45-46,50-51,54,61-63,70,72,76,99-100H,10,30-31,38-39,42-44,47-49H2,1-9H3,(H,87,101)/t51-,61+,62+,63+,70-,72-,76-/m0/s1. The number of aliphatic hydroxyl groups is 2. The summed E-state index contributed by atoms with van der Waals surface area (Å²) in [4.78, 5) is 59.0. The number of carbonyl (C=O) groups is 3. The van der Waals surface area contributed by atoms with Gasteiger partial charge >= 0.3 is 12.1 Å². The Balaban J connectivity index is 0.795. The van der Waals surface area contributed by atoms with E-state index < -0.39 is 59.6 Å². The summed E-state index contributed by atoms with van der Waals surface area (Å²) in [6, 6.07) is 48.9. The first-order chi connectivity index (χ1) is 51.7. The summed E-state index contributed by atoms with van der Waals surface area (Å²) in [5, 5.41) is 45.0. The van der Waals surface area contributed by atoms with Gasteiger partial charge in [0.1, 0.15) is 59.3 Å². The molecule has 7 heterocycles. The van der Waals surface area contributed by atoms with E-state index >= 15 is 4.39 Å². The van der Waals surface area contributed by atoms with Gasteiger partial charge in [-0.3, -0.25) is 19.0 Å². The van der Waals surface area contributed by atoms with Crippen LogP contribution in [0.4, 0.5) is 15.0 Å². The first-order valence-corrected chi connectivity index (χ1v) is 37.0. The number of aromatic nitrogens is 9. The SMILES string of the molecule is CCn1nccc1-c1ccc([C@H](CO)NC(=O)[C@@H]2C[C@@H](O)CN2C(=O)[C@H](C(C)C)n2cc(-c3ccc(COc4c(-c5c(C)c(F)cc6nn(C(c7ccccc7)(c7ccccc7)c7ccccc7)cc56)c(C5CC5)cc5c(N6C[C@H]7C[C@@H]6CN7C(=O)OC(C)(C)C)nc(OC[C@H](C)OC)nc45)cc3)nn2)cc1. The molecule has 3 aliphatic heterocycles. The van der Waals surface area contributed by atoms with Gasteiger partial charge in [-0.15, -0.1) is 5.10 Å². The molecule has 3 saturated heterocycles. The summed E-state index contributed by atoms with van der Waals surface area (Å²) in [7, 11) is 1.62. The summed E-state index contributed by atoms with van der Waals surface area (Å²) in [5.74, 6) is -0.592. The molecule has 1 aliphatic carbocycles. The van der Waals surface area contributed by atoms with E-state index in [1.165, 1.54) is 15.6 Å². The quantitative estimate of drug-likeness (QED) is 0.0476. The predicted molar refractivity (Wildman–Crippen MR) is 405 cm³/mol. The molecule has 7 atom stereocenters. The van der Waals surface area contributed by atoms with Crippen LogP contribution in [0, 0.1) is 18.7 Å². The Morgan fingerprint density at radius 2 is 1.42 bits per heavy atom. The number of β-amino-alcohol motifs (C(OH)–C–C–N with tert-alkyl or cyclic N) is 1. The molecule has 4 fully saturated rings. The molecule has 4 aromatic heterocycles. The van der Waals surface area contributed by atoms with Crippen LogP contribution in [0.1, 0.15) is 131 Å². The number of fused-ring (bicyclic) bond motifs is 4. The van der Waals surface area contributed by atoms with Crippen molar-refractivity contribution in [2.75, 3.05) is 44.9 Å². The number of aryl methyl sites for hydroxylation is 1. The Labute approximate surface area is 621 Å². The Morgan fingerprint density at radius 3 is 2.03 bits per heavy atom. The van der Waals surface area contributed by atoms with Crippen molar-refractivity contribution in [2.24, 2.45) is 5.92 Å². The number of amides is 3. The number of likely N-dealkylation sites (tertiary alicyclic amines) is 2. The minimum absolute atomic E-state index is 0.0122. The van der Waals surface area contributed by atoms with Gasteiger partial charge in [0.05, 0.1) is 54.3 Å². The van der Waals surface area contributed by atoms with E-state index in [0.717, 1.165) is 51.9 Å². The summed E-state index contributed by atoms with van der Waals surface area (Å²) in [6.07, 6.45) is 6.33. The third-order valence-electron chi connectivity index (χ3n) is 21.4. The average molecular weight is 1440 g/mol. The summed E-state index contributed by atoms with van der Waals surface area (Å²) >= 11 is 0. The maximum atomic E-state index is 17.7. The third-order valence-corrected chi connectivity index (χ3v) is 21.4. The molecule has 4 aliphatic rings. The van der Waals surface area contributed by atoms with Gasteiger partial charge in [0, 0.05) is 85.6 Å². The van der Waals surface area contributed by atoms with Crippen LogP contribution in [-0.2, 0) is 37.8 Å². The lowest BCUT2D eigenvalue weighted by atomic mass is 9.77. The number of methoxy groups -OCH3 is 1. The fraction of sp³-hybridized carbons (Fsp3) is 0.369. The van der Waals surface area contributed by atoms with Crippen LogP contribution in [0.5, 0.6) is 11.8 Å². The van der Waals surface area contributed by atoms with Crippen LogP contribution in [0.2, 0.25) is 0 Å². The average Bonchev–Trinajstić information content (AvgIpc) is 1.65. The third kappa shape index (κ3) is 13.8. The maximum Gasteiger partial charge on any atom is 0.410 e. The number of ether oxygens (including phenoxy) is 4. The van der Waals surface area contributed by atoms with Gasteiger partial charge in [-0.1, -0.05) is 159 Å². The van der Waals surface area contributed by atoms with E-state index in [2.05, 4.69) is 74.3 Å². The zero-order chi connectivity index (χ0) is 74.6. The molecular formula is C84H90FN13O9. The Kier molecular flexibility index (Phi) is 19.7. The number of nitrogens with one attached hydrogen (secondary N) is 1. The van der Waals surface area contributed by atoms with E-state index in [1.54, 1.807) is 19.5 Å². The number of hydrogen-bond acceptors (Lipinski definition) is 16. The number of aliphatic hydroxyl groups excluding tert-OH is 2. The van der Waals surface area contributed by atoms with Crippen LogP contribution in [0.25, 0.3) is 55.4 Å². The van der Waals surface area contributed by atoms with Crippen molar-refractivity contribution in [3.63, 3.8) is 0 Å². The monoisotopic (exact) mass is 1440 g/mol. The smallest absolute Gasteiger partial charge is 0.410 e. The minimum Gasteiger partial charge on any atom is -0.486 e. The molecule has 0 radical (unpaired) electrons. The molecule has 15 rings (SSSR count). The summed E-state index contributed by atoms with van der Waals surface area (Å²) < 4.78 is 48.6. The molecule has 0 spiro atoms. The number of halogens is 1. The number of hydrogen-bond donors (Lipinski definition) is 3. The molecule has 22 nitrogen and oxygen atoms in total. The highest BCUT2D eigenvalue weighted by Gasteiger charge is 2.49. The molecule has 3 amide bonds. The maximum absolute atomic E-state index is 17.7. The second-order valence-corrected chi connectivity index (χ2v) is 30.1. The molecule has 0 unspecified atom stereocenters. The normalized spacial score (nSPS) is 18.2. The second kappa shape index (κ2) is 29.5. The lowest BCUT2D eigenvalue weighted by Crippen LogP contribution is -2.50. The zero-order valence-electron chi connectivity index (χ0n) is 61.7. The molecule has 23 heteroatoms. The van der Waals surface area contributed by atoms with Crippen molar-refractivity contribution in [1.82, 2.24) is 59.6 Å². The van der Waals surface area contributed by atoms with Crippen molar-refractivity contribution < 1.29 is 47.9 Å². The van der Waals surface area contributed by atoms with Crippen LogP contribution in [0.3, 0.4) is 0 Å². The van der Waals surface area contributed by atoms with Gasteiger partial charge in [0.25, 0.3) is 0 Å². The van der Waals surface area contributed by atoms with E-state index in [4.69, 9.17) is 34.0 Å². The van der Waals surface area contributed by atoms with E-state index in [9.17, 15) is 24.6 Å². The highest BCUT2D eigenvalue weighted by Crippen LogP contribution is 2.55. The summed E-state index contributed by atoms with van der Waals surface area (Å²) in [6.45, 7) is 16.4. The van der Waals surface area contributed by atoms with Crippen LogP contribution in [0.15, 0.2) is 176 Å². The predicted octanol–water partition coefficient (Wildman–Crippen LogP) is 13.2. The molecule has 552 valence electrons. The van der Waals surface area contributed by atoms with Gasteiger partial charge in [-0.05, 0) is 129 Å². The Bertz CT molecular complexity index is 4970. The lowest BCUT2D eigenvalue weighted by Gasteiger charge is -2.36. The molecule has 2 bridgehead atoms. The Morgan fingerprint density at radius 1 is 0.748 bits per heavy atom. The van der Waals surface area contributed by atoms with Gasteiger partial charge in [0.15, 0.2) is 5.75 Å². The topological polar surface area (TPSA) is 242 Å². The molecule has 1 saturated carbocycles. The first kappa shape index (κ1) is 71.7. The zero-order valence-corrected chi connectivity index (χ0v) is 61.7. The molecule has 107 heavy (non-hydrogen) atoms. The van der Waals surface area contributed by atoms with Gasteiger partial charge in [-0.2, -0.15) is 20.2 Å². The van der Waals surface area contributed by atoms with Crippen molar-refractivity contribution in [3.8, 4) is 45.4 Å². The minimum atomic E-state index is -1.03. The van der Waals surface area contributed by atoms with E-state index in [0.29, 0.717) is 92.9 Å². The van der Waals surface area contributed by atoms with Crippen LogP contribution in [-0.4, -0.2) is 158 Å².